The molecule has 3 heterocycles. The Bertz CT molecular complexity index is 1210. The summed E-state index contributed by atoms with van der Waals surface area (Å²) in [6, 6.07) is 19.6. The second-order valence-corrected chi connectivity index (χ2v) is 12.0. The number of carbonyl (C=O) groups excluding carboxylic acids is 2. The number of fused-ring (bicyclic) bond motifs is 1. The molecule has 37 heavy (non-hydrogen) atoms. The topological polar surface area (TPSA) is 52.7 Å². The maximum atomic E-state index is 14.0. The van der Waals surface area contributed by atoms with Gasteiger partial charge < -0.3 is 10.2 Å². The molecule has 5 nitrogen and oxygen atoms in total. The predicted octanol–water partition coefficient (Wildman–Crippen LogP) is 6.56. The van der Waals surface area contributed by atoms with Crippen LogP contribution in [-0.2, 0) is 11.3 Å². The molecule has 2 amide bonds. The summed E-state index contributed by atoms with van der Waals surface area (Å²) in [4.78, 5) is 33.0. The Morgan fingerprint density at radius 2 is 1.76 bits per heavy atom. The van der Waals surface area contributed by atoms with E-state index in [0.29, 0.717) is 12.1 Å². The number of piperidine rings is 1. The molecule has 2 atom stereocenters. The molecule has 1 fully saturated rings. The average molecular weight is 516 g/mol. The first kappa shape index (κ1) is 25.7. The normalized spacial score (nSPS) is 20.8. The molecular weight excluding hydrogens is 478 g/mol. The Hall–Kier alpha value is -2.96. The SMILES string of the molecule is CC(C)CN1C(=O)c2ccccc2[C@H](C(=O)Nc2ccc(CN3CCC(C)CC3)cc2)[C@@H]1c1cccs1. The lowest BCUT2D eigenvalue weighted by Gasteiger charge is -2.42. The maximum absolute atomic E-state index is 14.0. The van der Waals surface area contributed by atoms with Crippen LogP contribution in [0.2, 0.25) is 0 Å². The largest absolute Gasteiger partial charge is 0.329 e. The van der Waals surface area contributed by atoms with E-state index in [1.54, 1.807) is 11.3 Å². The smallest absolute Gasteiger partial charge is 0.254 e. The van der Waals surface area contributed by atoms with Crippen LogP contribution in [0, 0.1) is 11.8 Å². The van der Waals surface area contributed by atoms with Crippen LogP contribution in [-0.4, -0.2) is 41.2 Å². The van der Waals surface area contributed by atoms with Gasteiger partial charge in [0.15, 0.2) is 0 Å². The summed E-state index contributed by atoms with van der Waals surface area (Å²) in [5, 5.41) is 5.20. The number of nitrogens with zero attached hydrogens (tertiary/aromatic N) is 2. The van der Waals surface area contributed by atoms with Gasteiger partial charge in [-0.05, 0) is 78.5 Å². The Balaban J connectivity index is 1.40. The van der Waals surface area contributed by atoms with Gasteiger partial charge in [0.25, 0.3) is 5.91 Å². The summed E-state index contributed by atoms with van der Waals surface area (Å²) >= 11 is 1.60. The third-order valence-corrected chi connectivity index (χ3v) is 8.56. The molecule has 2 aliphatic rings. The van der Waals surface area contributed by atoms with E-state index in [4.69, 9.17) is 0 Å². The van der Waals surface area contributed by atoms with E-state index >= 15 is 0 Å². The van der Waals surface area contributed by atoms with E-state index in [1.807, 2.05) is 58.8 Å². The number of anilines is 1. The summed E-state index contributed by atoms with van der Waals surface area (Å²) in [6.45, 7) is 10.4. The quantitative estimate of drug-likeness (QED) is 0.388. The van der Waals surface area contributed by atoms with Gasteiger partial charge >= 0.3 is 0 Å². The Labute approximate surface area is 224 Å². The van der Waals surface area contributed by atoms with Gasteiger partial charge in [0.05, 0.1) is 12.0 Å². The second kappa shape index (κ2) is 11.2. The molecule has 0 unspecified atom stereocenters. The van der Waals surface area contributed by atoms with Gasteiger partial charge in [-0.1, -0.05) is 57.2 Å². The Morgan fingerprint density at radius 3 is 2.43 bits per heavy atom. The first-order valence-electron chi connectivity index (χ1n) is 13.5. The number of rotatable bonds is 7. The maximum Gasteiger partial charge on any atom is 0.254 e. The van der Waals surface area contributed by atoms with Crippen LogP contribution in [0.25, 0.3) is 0 Å². The molecule has 0 radical (unpaired) electrons. The minimum absolute atomic E-state index is 0.00297. The summed E-state index contributed by atoms with van der Waals surface area (Å²) < 4.78 is 0. The lowest BCUT2D eigenvalue weighted by molar-refractivity contribution is -0.119. The van der Waals surface area contributed by atoms with E-state index in [-0.39, 0.29) is 23.8 Å². The van der Waals surface area contributed by atoms with Gasteiger partial charge in [0.1, 0.15) is 0 Å². The average Bonchev–Trinajstić information content (AvgIpc) is 3.42. The molecule has 1 N–H and O–H groups in total. The zero-order valence-corrected chi connectivity index (χ0v) is 22.8. The molecule has 0 spiro atoms. The predicted molar refractivity (Wildman–Crippen MR) is 151 cm³/mol. The summed E-state index contributed by atoms with van der Waals surface area (Å²) in [5.41, 5.74) is 3.48. The fraction of sp³-hybridized carbons (Fsp3) is 0.419. The monoisotopic (exact) mass is 515 g/mol. The second-order valence-electron chi connectivity index (χ2n) is 11.0. The van der Waals surface area contributed by atoms with Gasteiger partial charge in [-0.3, -0.25) is 14.5 Å². The molecule has 3 aromatic rings. The van der Waals surface area contributed by atoms with Crippen molar-refractivity contribution in [1.82, 2.24) is 9.80 Å². The standard InChI is InChI=1S/C31H37N3O2S/c1-21(2)19-34-29(27-9-6-18-37-27)28(25-7-4-5-8-26(25)31(34)36)30(35)32-24-12-10-23(11-13-24)20-33-16-14-22(3)15-17-33/h4-13,18,21-22,28-29H,14-17,19-20H2,1-3H3,(H,32,35)/t28-,29-/m0/s1. The number of benzene rings is 2. The summed E-state index contributed by atoms with van der Waals surface area (Å²) in [7, 11) is 0. The van der Waals surface area contributed by atoms with Gasteiger partial charge in [-0.15, -0.1) is 11.3 Å². The zero-order chi connectivity index (χ0) is 25.9. The number of hydrogen-bond acceptors (Lipinski definition) is 4. The third kappa shape index (κ3) is 5.65. The number of amides is 2. The molecule has 0 saturated carbocycles. The molecule has 194 valence electrons. The van der Waals surface area contributed by atoms with Crippen LogP contribution in [0.4, 0.5) is 5.69 Å². The summed E-state index contributed by atoms with van der Waals surface area (Å²) in [5.74, 6) is 0.550. The van der Waals surface area contributed by atoms with Crippen molar-refractivity contribution in [3.8, 4) is 0 Å². The molecule has 1 saturated heterocycles. The highest BCUT2D eigenvalue weighted by atomic mass is 32.1. The molecule has 2 aliphatic heterocycles. The van der Waals surface area contributed by atoms with Gasteiger partial charge in [0, 0.05) is 29.2 Å². The number of carbonyl (C=O) groups is 2. The molecule has 1 aromatic heterocycles. The van der Waals surface area contributed by atoms with Crippen molar-refractivity contribution in [3.05, 3.63) is 87.6 Å². The van der Waals surface area contributed by atoms with Gasteiger partial charge in [0.2, 0.25) is 5.91 Å². The van der Waals surface area contributed by atoms with Crippen molar-refractivity contribution in [1.29, 1.82) is 0 Å². The first-order chi connectivity index (χ1) is 17.9. The van der Waals surface area contributed by atoms with Gasteiger partial charge in [-0.2, -0.15) is 0 Å². The van der Waals surface area contributed by atoms with E-state index in [1.165, 1.54) is 18.4 Å². The van der Waals surface area contributed by atoms with Gasteiger partial charge in [-0.25, -0.2) is 0 Å². The van der Waals surface area contributed by atoms with Crippen LogP contribution < -0.4 is 5.32 Å². The summed E-state index contributed by atoms with van der Waals surface area (Å²) in [6.07, 6.45) is 2.53. The van der Waals surface area contributed by atoms with Crippen molar-refractivity contribution in [2.24, 2.45) is 11.8 Å². The minimum atomic E-state index is -0.485. The lowest BCUT2D eigenvalue weighted by atomic mass is 9.81. The number of hydrogen-bond donors (Lipinski definition) is 1. The molecule has 0 bridgehead atoms. The van der Waals surface area contributed by atoms with Crippen molar-refractivity contribution < 1.29 is 9.59 Å². The fourth-order valence-electron chi connectivity index (χ4n) is 5.64. The van der Waals surface area contributed by atoms with Crippen LogP contribution in [0.15, 0.2) is 66.0 Å². The Morgan fingerprint density at radius 1 is 1.03 bits per heavy atom. The highest BCUT2D eigenvalue weighted by Gasteiger charge is 2.44. The van der Waals surface area contributed by atoms with E-state index in [2.05, 4.69) is 43.1 Å². The molecule has 6 heteroatoms. The fourth-order valence-corrected chi connectivity index (χ4v) is 6.51. The van der Waals surface area contributed by atoms with E-state index in [0.717, 1.165) is 41.7 Å². The van der Waals surface area contributed by atoms with Crippen LogP contribution >= 0.6 is 11.3 Å². The third-order valence-electron chi connectivity index (χ3n) is 7.62. The molecule has 2 aromatic carbocycles. The first-order valence-corrected chi connectivity index (χ1v) is 14.3. The van der Waals surface area contributed by atoms with Crippen LogP contribution in [0.3, 0.4) is 0 Å². The number of likely N-dealkylation sites (tertiary alicyclic amines) is 1. The highest BCUT2D eigenvalue weighted by Crippen LogP contribution is 2.45. The van der Waals surface area contributed by atoms with Crippen LogP contribution in [0.5, 0.6) is 0 Å². The van der Waals surface area contributed by atoms with Crippen LogP contribution in [0.1, 0.15) is 71.9 Å². The molecule has 0 aliphatic carbocycles. The van der Waals surface area contributed by atoms with Crippen molar-refractivity contribution in [3.63, 3.8) is 0 Å². The number of nitrogens with one attached hydrogen (secondary N) is 1. The van der Waals surface area contributed by atoms with Crippen molar-refractivity contribution in [2.45, 2.75) is 52.1 Å². The van der Waals surface area contributed by atoms with Crippen molar-refractivity contribution >= 4 is 28.8 Å². The highest BCUT2D eigenvalue weighted by molar-refractivity contribution is 7.10. The molecule has 5 rings (SSSR count). The zero-order valence-electron chi connectivity index (χ0n) is 22.0. The van der Waals surface area contributed by atoms with Crippen molar-refractivity contribution in [2.75, 3.05) is 25.0 Å². The van der Waals surface area contributed by atoms with E-state index < -0.39 is 5.92 Å². The minimum Gasteiger partial charge on any atom is -0.329 e. The lowest BCUT2D eigenvalue weighted by Crippen LogP contribution is -2.47. The Kier molecular flexibility index (Phi) is 7.77. The van der Waals surface area contributed by atoms with E-state index in [9.17, 15) is 9.59 Å². The molecular formula is C31H37N3O2S. The number of thiophene rings is 1.